The van der Waals surface area contributed by atoms with Crippen molar-refractivity contribution in [1.82, 2.24) is 4.98 Å². The van der Waals surface area contributed by atoms with Crippen molar-refractivity contribution in [2.45, 2.75) is 6.92 Å². The number of hydrogen-bond acceptors (Lipinski definition) is 3. The van der Waals surface area contributed by atoms with Crippen LogP contribution in [0.25, 0.3) is 0 Å². The average molecular weight is 265 g/mol. The number of nitrogens with zero attached hydrogens (tertiary/aromatic N) is 1. The Bertz CT molecular complexity index is 683. The predicted molar refractivity (Wildman–Crippen MR) is 79.3 cm³/mol. The van der Waals surface area contributed by atoms with Crippen molar-refractivity contribution >= 4 is 11.6 Å². The van der Waals surface area contributed by atoms with E-state index in [0.29, 0.717) is 11.1 Å². The minimum atomic E-state index is -0.209. The van der Waals surface area contributed by atoms with Crippen LogP contribution in [0.3, 0.4) is 0 Å². The van der Waals surface area contributed by atoms with E-state index in [0.717, 1.165) is 11.3 Å². The molecular weight excluding hydrogens is 250 g/mol. The zero-order chi connectivity index (χ0) is 14.4. The molecule has 1 aromatic heterocycles. The Morgan fingerprint density at radius 3 is 3.00 bits per heavy atom. The molecule has 4 nitrogen and oxygen atoms in total. The maximum absolute atomic E-state index is 12.3. The summed E-state index contributed by atoms with van der Waals surface area (Å²) in [7, 11) is 0. The number of carbonyl (C=O) groups is 1. The third-order valence-electron chi connectivity index (χ3n) is 2.67. The van der Waals surface area contributed by atoms with E-state index in [2.05, 4.69) is 22.1 Å². The molecule has 1 heterocycles. The fourth-order valence-corrected chi connectivity index (χ4v) is 1.76. The topological polar surface area (TPSA) is 68.0 Å². The molecule has 20 heavy (non-hydrogen) atoms. The van der Waals surface area contributed by atoms with Gasteiger partial charge in [-0.1, -0.05) is 24.0 Å². The van der Waals surface area contributed by atoms with Gasteiger partial charge in [-0.25, -0.2) is 0 Å². The third kappa shape index (κ3) is 3.44. The minimum Gasteiger partial charge on any atom is -0.322 e. The number of amides is 1. The van der Waals surface area contributed by atoms with Crippen molar-refractivity contribution in [3.63, 3.8) is 0 Å². The van der Waals surface area contributed by atoms with Crippen molar-refractivity contribution in [2.24, 2.45) is 5.73 Å². The van der Waals surface area contributed by atoms with E-state index in [1.165, 1.54) is 0 Å². The Balaban J connectivity index is 2.25. The van der Waals surface area contributed by atoms with Gasteiger partial charge in [0.25, 0.3) is 5.91 Å². The highest BCUT2D eigenvalue weighted by Gasteiger charge is 2.10. The second kappa shape index (κ2) is 6.50. The molecule has 0 saturated carbocycles. The van der Waals surface area contributed by atoms with Gasteiger partial charge in [0, 0.05) is 18.1 Å². The molecule has 1 aromatic carbocycles. The van der Waals surface area contributed by atoms with Gasteiger partial charge in [-0.05, 0) is 30.7 Å². The summed E-state index contributed by atoms with van der Waals surface area (Å²) in [4.78, 5) is 16.2. The van der Waals surface area contributed by atoms with Gasteiger partial charge in [-0.3, -0.25) is 9.78 Å². The number of nitrogens with two attached hydrogens (primary N) is 1. The summed E-state index contributed by atoms with van der Waals surface area (Å²) in [5.74, 6) is 5.37. The van der Waals surface area contributed by atoms with E-state index < -0.39 is 0 Å². The van der Waals surface area contributed by atoms with Crippen LogP contribution in [0, 0.1) is 18.8 Å². The predicted octanol–water partition coefficient (Wildman–Crippen LogP) is 1.95. The Hall–Kier alpha value is -2.64. The number of aromatic nitrogens is 1. The average Bonchev–Trinajstić information content (AvgIpc) is 2.45. The molecule has 0 unspecified atom stereocenters. The van der Waals surface area contributed by atoms with Crippen LogP contribution in [-0.2, 0) is 0 Å². The molecule has 0 radical (unpaired) electrons. The molecule has 0 aliphatic rings. The first-order valence-corrected chi connectivity index (χ1v) is 6.21. The van der Waals surface area contributed by atoms with Crippen LogP contribution in [0.2, 0.25) is 0 Å². The highest BCUT2D eigenvalue weighted by molar-refractivity contribution is 6.05. The maximum atomic E-state index is 12.3. The van der Waals surface area contributed by atoms with Gasteiger partial charge in [0.1, 0.15) is 0 Å². The lowest BCUT2D eigenvalue weighted by molar-refractivity contribution is 0.102. The molecule has 0 atom stereocenters. The van der Waals surface area contributed by atoms with Gasteiger partial charge >= 0.3 is 0 Å². The molecule has 0 spiro atoms. The highest BCUT2D eigenvalue weighted by atomic mass is 16.1. The highest BCUT2D eigenvalue weighted by Crippen LogP contribution is 2.13. The monoisotopic (exact) mass is 265 g/mol. The molecule has 0 aliphatic carbocycles. The molecule has 0 fully saturated rings. The van der Waals surface area contributed by atoms with Gasteiger partial charge in [-0.15, -0.1) is 0 Å². The summed E-state index contributed by atoms with van der Waals surface area (Å²) in [5, 5.41) is 2.85. The zero-order valence-corrected chi connectivity index (χ0v) is 11.2. The van der Waals surface area contributed by atoms with Crippen molar-refractivity contribution < 1.29 is 4.79 Å². The first-order chi connectivity index (χ1) is 9.70. The van der Waals surface area contributed by atoms with Crippen LogP contribution in [0.5, 0.6) is 0 Å². The number of aryl methyl sites for hydroxylation is 1. The standard InChI is InChI=1S/C16H15N3O/c1-12-4-2-6-14(10-12)19-16(20)15-7-9-18-11-13(15)5-3-8-17/h2,4,6-7,9-11H,8,17H2,1H3,(H,19,20). The fraction of sp³-hybridized carbons (Fsp3) is 0.125. The summed E-state index contributed by atoms with van der Waals surface area (Å²) in [5.41, 5.74) is 8.25. The van der Waals surface area contributed by atoms with Crippen LogP contribution >= 0.6 is 0 Å². The largest absolute Gasteiger partial charge is 0.322 e. The van der Waals surface area contributed by atoms with Gasteiger partial charge in [0.05, 0.1) is 17.7 Å². The maximum Gasteiger partial charge on any atom is 0.257 e. The minimum absolute atomic E-state index is 0.209. The van der Waals surface area contributed by atoms with Crippen molar-refractivity contribution in [3.05, 3.63) is 59.4 Å². The fourth-order valence-electron chi connectivity index (χ4n) is 1.76. The van der Waals surface area contributed by atoms with Crippen LogP contribution in [-0.4, -0.2) is 17.4 Å². The number of benzene rings is 1. The lowest BCUT2D eigenvalue weighted by atomic mass is 10.1. The van der Waals surface area contributed by atoms with E-state index in [4.69, 9.17) is 5.73 Å². The van der Waals surface area contributed by atoms with Gasteiger partial charge in [-0.2, -0.15) is 0 Å². The third-order valence-corrected chi connectivity index (χ3v) is 2.67. The normalized spacial score (nSPS) is 9.50. The molecule has 100 valence electrons. The summed E-state index contributed by atoms with van der Waals surface area (Å²) in [6.45, 7) is 2.22. The first kappa shape index (κ1) is 13.8. The van der Waals surface area contributed by atoms with Gasteiger partial charge in [0.15, 0.2) is 0 Å². The van der Waals surface area contributed by atoms with Crippen molar-refractivity contribution in [3.8, 4) is 11.8 Å². The number of hydrogen-bond donors (Lipinski definition) is 2. The van der Waals surface area contributed by atoms with Crippen LogP contribution in [0.15, 0.2) is 42.7 Å². The lowest BCUT2D eigenvalue weighted by Gasteiger charge is -2.07. The second-order valence-electron chi connectivity index (χ2n) is 4.25. The number of nitrogens with one attached hydrogen (secondary N) is 1. The molecule has 0 saturated heterocycles. The van der Waals surface area contributed by atoms with Crippen molar-refractivity contribution in [2.75, 3.05) is 11.9 Å². The molecular formula is C16H15N3O. The van der Waals surface area contributed by atoms with Gasteiger partial charge in [0.2, 0.25) is 0 Å². The number of anilines is 1. The molecule has 0 aliphatic heterocycles. The number of rotatable bonds is 2. The summed E-state index contributed by atoms with van der Waals surface area (Å²) in [6.07, 6.45) is 3.13. The summed E-state index contributed by atoms with van der Waals surface area (Å²) >= 11 is 0. The van der Waals surface area contributed by atoms with E-state index >= 15 is 0 Å². The molecule has 0 bridgehead atoms. The van der Waals surface area contributed by atoms with E-state index in [1.807, 2.05) is 31.2 Å². The molecule has 4 heteroatoms. The van der Waals surface area contributed by atoms with E-state index in [-0.39, 0.29) is 12.5 Å². The zero-order valence-electron chi connectivity index (χ0n) is 11.2. The lowest BCUT2D eigenvalue weighted by Crippen LogP contribution is -2.13. The Kier molecular flexibility index (Phi) is 4.48. The molecule has 2 rings (SSSR count). The van der Waals surface area contributed by atoms with Gasteiger partial charge < -0.3 is 11.1 Å². The first-order valence-electron chi connectivity index (χ1n) is 6.21. The summed E-state index contributed by atoms with van der Waals surface area (Å²) in [6, 6.07) is 9.26. The SMILES string of the molecule is Cc1cccc(NC(=O)c2ccncc2C#CCN)c1. The van der Waals surface area contributed by atoms with Crippen LogP contribution in [0.4, 0.5) is 5.69 Å². The number of carbonyl (C=O) groups excluding carboxylic acids is 1. The van der Waals surface area contributed by atoms with Crippen LogP contribution in [0.1, 0.15) is 21.5 Å². The quantitative estimate of drug-likeness (QED) is 0.815. The number of pyridine rings is 1. The molecule has 3 N–H and O–H groups in total. The van der Waals surface area contributed by atoms with E-state index in [1.54, 1.807) is 18.5 Å². The Labute approximate surface area is 118 Å². The summed E-state index contributed by atoms with van der Waals surface area (Å²) < 4.78 is 0. The molecule has 1 amide bonds. The smallest absolute Gasteiger partial charge is 0.257 e. The Morgan fingerprint density at radius 2 is 2.25 bits per heavy atom. The van der Waals surface area contributed by atoms with Crippen LogP contribution < -0.4 is 11.1 Å². The van der Waals surface area contributed by atoms with E-state index in [9.17, 15) is 4.79 Å². The molecule has 2 aromatic rings. The second-order valence-corrected chi connectivity index (χ2v) is 4.25. The van der Waals surface area contributed by atoms with Crippen molar-refractivity contribution in [1.29, 1.82) is 0 Å². The Morgan fingerprint density at radius 1 is 1.40 bits per heavy atom.